The Morgan fingerprint density at radius 1 is 1.13 bits per heavy atom. The first-order valence-electron chi connectivity index (χ1n) is 10.0. The number of ether oxygens (including phenoxy) is 1. The molecule has 0 aromatic heterocycles. The summed E-state index contributed by atoms with van der Waals surface area (Å²) in [6.07, 6.45) is 0.542. The van der Waals surface area contributed by atoms with Gasteiger partial charge in [-0.15, -0.1) is 11.8 Å². The van der Waals surface area contributed by atoms with E-state index in [1.165, 1.54) is 11.8 Å². The van der Waals surface area contributed by atoms with E-state index in [4.69, 9.17) is 16.3 Å². The summed E-state index contributed by atoms with van der Waals surface area (Å²) in [5.74, 6) is 1.49. The van der Waals surface area contributed by atoms with Crippen LogP contribution < -0.4 is 10.1 Å². The van der Waals surface area contributed by atoms with Crippen molar-refractivity contribution in [2.45, 2.75) is 38.6 Å². The molecule has 7 heteroatoms. The molecular formula is C23H29ClN2O3S. The number of thioether (sulfide) groups is 1. The highest BCUT2D eigenvalue weighted by Crippen LogP contribution is 2.20. The normalized spacial score (nSPS) is 11.6. The largest absolute Gasteiger partial charge is 0.497 e. The molecule has 1 atom stereocenters. The summed E-state index contributed by atoms with van der Waals surface area (Å²) in [5.41, 5.74) is 1.99. The third kappa shape index (κ3) is 7.26. The highest BCUT2D eigenvalue weighted by Gasteiger charge is 2.28. The smallest absolute Gasteiger partial charge is 0.242 e. The fraction of sp³-hybridized carbons (Fsp3) is 0.391. The molecule has 2 amide bonds. The van der Waals surface area contributed by atoms with Crippen molar-refractivity contribution < 1.29 is 14.3 Å². The van der Waals surface area contributed by atoms with Crippen LogP contribution in [0.4, 0.5) is 0 Å². The van der Waals surface area contributed by atoms with Gasteiger partial charge in [0.1, 0.15) is 11.8 Å². The lowest BCUT2D eigenvalue weighted by atomic mass is 10.1. The maximum absolute atomic E-state index is 13.1. The molecule has 0 heterocycles. The van der Waals surface area contributed by atoms with Crippen LogP contribution in [-0.4, -0.2) is 42.2 Å². The standard InChI is InChI=1S/C23H29ClN2O3S/c1-4-21(23(28)25-5-2)26(14-17-8-7-11-20(13-17)29-3)22(27)16-30-15-18-9-6-10-19(24)12-18/h6-13,21H,4-5,14-16H2,1-3H3,(H,25,28). The Balaban J connectivity index is 2.13. The lowest BCUT2D eigenvalue weighted by Gasteiger charge is -2.30. The van der Waals surface area contributed by atoms with E-state index < -0.39 is 6.04 Å². The first-order valence-corrected chi connectivity index (χ1v) is 11.5. The topological polar surface area (TPSA) is 58.6 Å². The minimum atomic E-state index is -0.518. The zero-order chi connectivity index (χ0) is 21.9. The number of amides is 2. The van der Waals surface area contributed by atoms with Crippen molar-refractivity contribution in [2.24, 2.45) is 0 Å². The van der Waals surface area contributed by atoms with Gasteiger partial charge in [-0.25, -0.2) is 0 Å². The van der Waals surface area contributed by atoms with Gasteiger partial charge in [-0.2, -0.15) is 0 Å². The fourth-order valence-corrected chi connectivity index (χ4v) is 4.22. The Morgan fingerprint density at radius 3 is 2.53 bits per heavy atom. The van der Waals surface area contributed by atoms with Crippen LogP contribution in [-0.2, 0) is 21.9 Å². The Labute approximate surface area is 188 Å². The summed E-state index contributed by atoms with van der Waals surface area (Å²) < 4.78 is 5.30. The van der Waals surface area contributed by atoms with Crippen LogP contribution in [0, 0.1) is 0 Å². The maximum Gasteiger partial charge on any atom is 0.242 e. The number of carbonyl (C=O) groups is 2. The average Bonchev–Trinajstić information content (AvgIpc) is 2.74. The molecule has 30 heavy (non-hydrogen) atoms. The molecular weight excluding hydrogens is 420 g/mol. The number of rotatable bonds is 11. The van der Waals surface area contributed by atoms with Gasteiger partial charge < -0.3 is 15.0 Å². The van der Waals surface area contributed by atoms with Gasteiger partial charge in [0.2, 0.25) is 11.8 Å². The van der Waals surface area contributed by atoms with Crippen molar-refractivity contribution in [1.82, 2.24) is 10.2 Å². The number of benzene rings is 2. The second kappa shape index (κ2) is 12.5. The summed E-state index contributed by atoms with van der Waals surface area (Å²) in [4.78, 5) is 27.4. The number of likely N-dealkylation sites (N-methyl/N-ethyl adjacent to an activating group) is 1. The summed E-state index contributed by atoms with van der Waals surface area (Å²) in [6.45, 7) is 4.67. The van der Waals surface area contributed by atoms with Crippen LogP contribution in [0.25, 0.3) is 0 Å². The summed E-state index contributed by atoms with van der Waals surface area (Å²) in [5, 5.41) is 3.53. The van der Waals surface area contributed by atoms with E-state index in [9.17, 15) is 9.59 Å². The van der Waals surface area contributed by atoms with Gasteiger partial charge in [0.25, 0.3) is 0 Å². The van der Waals surface area contributed by atoms with Crippen molar-refractivity contribution in [3.63, 3.8) is 0 Å². The van der Waals surface area contributed by atoms with Crippen LogP contribution in [0.2, 0.25) is 5.02 Å². The van der Waals surface area contributed by atoms with Crippen LogP contribution in [0.1, 0.15) is 31.4 Å². The molecule has 162 valence electrons. The molecule has 0 aliphatic heterocycles. The van der Waals surface area contributed by atoms with Crippen LogP contribution >= 0.6 is 23.4 Å². The molecule has 1 N–H and O–H groups in total. The van der Waals surface area contributed by atoms with E-state index in [-0.39, 0.29) is 17.6 Å². The predicted molar refractivity (Wildman–Crippen MR) is 124 cm³/mol. The molecule has 5 nitrogen and oxygen atoms in total. The highest BCUT2D eigenvalue weighted by atomic mass is 35.5. The highest BCUT2D eigenvalue weighted by molar-refractivity contribution is 7.99. The molecule has 0 aliphatic rings. The number of nitrogens with zero attached hydrogens (tertiary/aromatic N) is 1. The molecule has 0 bridgehead atoms. The molecule has 0 radical (unpaired) electrons. The van der Waals surface area contributed by atoms with Crippen LogP contribution in [0.15, 0.2) is 48.5 Å². The van der Waals surface area contributed by atoms with Gasteiger partial charge in [0, 0.05) is 23.9 Å². The molecule has 0 saturated carbocycles. The lowest BCUT2D eigenvalue weighted by molar-refractivity contribution is -0.139. The summed E-state index contributed by atoms with van der Waals surface area (Å²) >= 11 is 7.55. The van der Waals surface area contributed by atoms with Crippen LogP contribution in [0.5, 0.6) is 5.75 Å². The van der Waals surface area contributed by atoms with E-state index in [0.717, 1.165) is 16.9 Å². The Hall–Kier alpha value is -2.18. The quantitative estimate of drug-likeness (QED) is 0.548. The molecule has 0 saturated heterocycles. The molecule has 2 aromatic carbocycles. The van der Waals surface area contributed by atoms with Gasteiger partial charge >= 0.3 is 0 Å². The van der Waals surface area contributed by atoms with Crippen molar-refractivity contribution in [1.29, 1.82) is 0 Å². The first-order chi connectivity index (χ1) is 14.5. The van der Waals surface area contributed by atoms with Gasteiger partial charge in [-0.3, -0.25) is 9.59 Å². The van der Waals surface area contributed by atoms with Crippen molar-refractivity contribution >= 4 is 35.2 Å². The Kier molecular flexibility index (Phi) is 10.0. The SMILES string of the molecule is CCNC(=O)C(CC)N(Cc1cccc(OC)c1)C(=O)CSCc1cccc(Cl)c1. The molecule has 2 aromatic rings. The molecule has 0 aliphatic carbocycles. The van der Waals surface area contributed by atoms with E-state index in [1.807, 2.05) is 62.4 Å². The Bertz CT molecular complexity index is 847. The number of hydrogen-bond donors (Lipinski definition) is 1. The van der Waals surface area contributed by atoms with Crippen molar-refractivity contribution in [3.05, 3.63) is 64.7 Å². The van der Waals surface area contributed by atoms with E-state index >= 15 is 0 Å². The average molecular weight is 449 g/mol. The minimum absolute atomic E-state index is 0.0667. The zero-order valence-corrected chi connectivity index (χ0v) is 19.3. The number of nitrogens with one attached hydrogen (secondary N) is 1. The third-order valence-electron chi connectivity index (χ3n) is 4.61. The summed E-state index contributed by atoms with van der Waals surface area (Å²) in [6, 6.07) is 14.7. The van der Waals surface area contributed by atoms with E-state index in [0.29, 0.717) is 30.3 Å². The Morgan fingerprint density at radius 2 is 1.87 bits per heavy atom. The minimum Gasteiger partial charge on any atom is -0.497 e. The number of halogens is 1. The van der Waals surface area contributed by atoms with E-state index in [1.54, 1.807) is 12.0 Å². The lowest BCUT2D eigenvalue weighted by Crippen LogP contribution is -2.49. The zero-order valence-electron chi connectivity index (χ0n) is 17.7. The van der Waals surface area contributed by atoms with Crippen molar-refractivity contribution in [2.75, 3.05) is 19.4 Å². The second-order valence-corrected chi connectivity index (χ2v) is 8.24. The second-order valence-electron chi connectivity index (χ2n) is 6.81. The number of carbonyl (C=O) groups excluding carboxylic acids is 2. The number of methoxy groups -OCH3 is 1. The molecule has 0 fully saturated rings. The molecule has 2 rings (SSSR count). The molecule has 1 unspecified atom stereocenters. The first kappa shape index (κ1) is 24.1. The van der Waals surface area contributed by atoms with Crippen molar-refractivity contribution in [3.8, 4) is 5.75 Å². The van der Waals surface area contributed by atoms with Crippen LogP contribution in [0.3, 0.4) is 0 Å². The summed E-state index contributed by atoms with van der Waals surface area (Å²) in [7, 11) is 1.61. The maximum atomic E-state index is 13.1. The van der Waals surface area contributed by atoms with Gasteiger partial charge in [0.05, 0.1) is 12.9 Å². The monoisotopic (exact) mass is 448 g/mol. The van der Waals surface area contributed by atoms with Gasteiger partial charge in [0.15, 0.2) is 0 Å². The third-order valence-corrected chi connectivity index (χ3v) is 5.83. The number of hydrogen-bond acceptors (Lipinski definition) is 4. The van der Waals surface area contributed by atoms with Gasteiger partial charge in [-0.1, -0.05) is 42.8 Å². The fourth-order valence-electron chi connectivity index (χ4n) is 3.14. The van der Waals surface area contributed by atoms with Gasteiger partial charge in [-0.05, 0) is 48.7 Å². The molecule has 0 spiro atoms. The van der Waals surface area contributed by atoms with E-state index in [2.05, 4.69) is 5.32 Å². The predicted octanol–water partition coefficient (Wildman–Crippen LogP) is 4.53.